The molecule has 2 heterocycles. The van der Waals surface area contributed by atoms with Crippen molar-refractivity contribution in [3.8, 4) is 0 Å². The number of nitrogens with zero attached hydrogens (tertiary/aromatic N) is 4. The van der Waals surface area contributed by atoms with E-state index < -0.39 is 12.0 Å². The van der Waals surface area contributed by atoms with E-state index in [0.717, 1.165) is 32.1 Å². The summed E-state index contributed by atoms with van der Waals surface area (Å²) in [7, 11) is 0. The second kappa shape index (κ2) is 10.8. The van der Waals surface area contributed by atoms with Crippen LogP contribution < -0.4 is 0 Å². The van der Waals surface area contributed by atoms with Crippen LogP contribution in [0, 0.1) is 0 Å². The second-order valence-corrected chi connectivity index (χ2v) is 8.47. The summed E-state index contributed by atoms with van der Waals surface area (Å²) in [6.45, 7) is 0.615. The third-order valence-corrected chi connectivity index (χ3v) is 6.40. The summed E-state index contributed by atoms with van der Waals surface area (Å²) in [5.41, 5.74) is -0.188. The van der Waals surface area contributed by atoms with Crippen LogP contribution in [0.15, 0.2) is 30.3 Å². The maximum atomic E-state index is 14.5. The first-order chi connectivity index (χ1) is 14.5. The number of aromatic amines is 1. The van der Waals surface area contributed by atoms with Crippen LogP contribution in [0.1, 0.15) is 49.9 Å². The smallest absolute Gasteiger partial charge is 0.298 e. The van der Waals surface area contributed by atoms with Gasteiger partial charge in [-0.3, -0.25) is 4.79 Å². The highest BCUT2D eigenvalue weighted by Crippen LogP contribution is 2.35. The molecule has 10 heteroatoms. The summed E-state index contributed by atoms with van der Waals surface area (Å²) in [6.07, 6.45) is 3.08. The Morgan fingerprint density at radius 1 is 1.23 bits per heavy atom. The van der Waals surface area contributed by atoms with Gasteiger partial charge in [0.2, 0.25) is 0 Å². The third-order valence-electron chi connectivity index (χ3n) is 5.36. The van der Waals surface area contributed by atoms with E-state index in [1.54, 1.807) is 11.0 Å². The Morgan fingerprint density at radius 3 is 2.73 bits per heavy atom. The van der Waals surface area contributed by atoms with E-state index in [9.17, 15) is 18.7 Å². The number of hydrogen-bond donors (Lipinski definition) is 2. The molecule has 3 rings (SSSR count). The van der Waals surface area contributed by atoms with Crippen LogP contribution in [-0.4, -0.2) is 60.3 Å². The number of aryl methyl sites for hydroxylation is 1. The van der Waals surface area contributed by atoms with Crippen LogP contribution in [0.3, 0.4) is 0 Å². The minimum Gasteiger partial charge on any atom is -0.386 e. The number of benzene rings is 1. The van der Waals surface area contributed by atoms with Gasteiger partial charge in [0.15, 0.2) is 5.82 Å². The standard InChI is InChI=1S/C20H27F2N5O2S/c21-20(22,15-8-4-3-5-9-15)17(28)12-11-16-14-30-19(29)27(16)13-7-2-1-6-10-18-23-25-26-24-18/h3-5,8-9,16-17,28H,1-2,6-7,10-14H2,(H,23,24,25,26). The molecule has 1 aliphatic rings. The van der Waals surface area contributed by atoms with E-state index in [0.29, 0.717) is 24.5 Å². The molecule has 1 amide bonds. The Hall–Kier alpha value is -2.07. The zero-order valence-electron chi connectivity index (χ0n) is 16.7. The van der Waals surface area contributed by atoms with Gasteiger partial charge in [0.05, 0.1) is 0 Å². The molecular weight excluding hydrogens is 412 g/mol. The van der Waals surface area contributed by atoms with Gasteiger partial charge in [0, 0.05) is 30.3 Å². The number of carbonyl (C=O) groups is 1. The van der Waals surface area contributed by atoms with Crippen LogP contribution in [0.4, 0.5) is 13.6 Å². The Balaban J connectivity index is 1.39. The SMILES string of the molecule is O=C1SCC(CCC(O)C(F)(F)c2ccccc2)N1CCCCCCc1nn[nH]n1. The van der Waals surface area contributed by atoms with E-state index in [1.165, 1.54) is 36.0 Å². The quantitative estimate of drug-likeness (QED) is 0.489. The minimum absolute atomic E-state index is 0.00361. The first-order valence-corrected chi connectivity index (χ1v) is 11.2. The highest BCUT2D eigenvalue weighted by molar-refractivity contribution is 8.13. The van der Waals surface area contributed by atoms with Gasteiger partial charge in [0.25, 0.3) is 11.2 Å². The molecule has 7 nitrogen and oxygen atoms in total. The number of aliphatic hydroxyl groups is 1. The van der Waals surface area contributed by atoms with Gasteiger partial charge in [-0.1, -0.05) is 60.1 Å². The number of H-pyrrole nitrogens is 1. The monoisotopic (exact) mass is 439 g/mol. The number of unbranched alkanes of at least 4 members (excludes halogenated alkanes) is 3. The summed E-state index contributed by atoms with van der Waals surface area (Å²) in [5, 5.41) is 23.9. The number of thioether (sulfide) groups is 1. The van der Waals surface area contributed by atoms with Crippen molar-refractivity contribution in [3.63, 3.8) is 0 Å². The van der Waals surface area contributed by atoms with Crippen LogP contribution in [0.25, 0.3) is 0 Å². The predicted octanol–water partition coefficient (Wildman–Crippen LogP) is 3.77. The molecule has 2 unspecified atom stereocenters. The fourth-order valence-corrected chi connectivity index (χ4v) is 4.68. The number of halogens is 2. The number of aromatic nitrogens is 4. The molecule has 0 spiro atoms. The van der Waals surface area contributed by atoms with Crippen LogP contribution >= 0.6 is 11.8 Å². The van der Waals surface area contributed by atoms with Crippen molar-refractivity contribution in [1.29, 1.82) is 0 Å². The van der Waals surface area contributed by atoms with Gasteiger partial charge in [-0.25, -0.2) is 0 Å². The Labute approximate surface area is 178 Å². The lowest BCUT2D eigenvalue weighted by Crippen LogP contribution is -2.37. The van der Waals surface area contributed by atoms with E-state index in [-0.39, 0.29) is 23.3 Å². The van der Waals surface area contributed by atoms with Gasteiger partial charge in [-0.05, 0) is 25.7 Å². The maximum Gasteiger partial charge on any atom is 0.298 e. The van der Waals surface area contributed by atoms with Gasteiger partial charge >= 0.3 is 0 Å². The molecule has 2 aromatic rings. The van der Waals surface area contributed by atoms with E-state index in [2.05, 4.69) is 20.6 Å². The number of hydrogen-bond acceptors (Lipinski definition) is 6. The van der Waals surface area contributed by atoms with Crippen LogP contribution in [0.2, 0.25) is 0 Å². The van der Waals surface area contributed by atoms with Crippen molar-refractivity contribution in [2.75, 3.05) is 12.3 Å². The van der Waals surface area contributed by atoms with E-state index >= 15 is 0 Å². The number of nitrogens with one attached hydrogen (secondary N) is 1. The van der Waals surface area contributed by atoms with Crippen molar-refractivity contribution < 1.29 is 18.7 Å². The fourth-order valence-electron chi connectivity index (χ4n) is 3.59. The first-order valence-electron chi connectivity index (χ1n) is 10.3. The minimum atomic E-state index is -3.31. The molecule has 0 saturated carbocycles. The molecule has 164 valence electrons. The molecule has 0 aliphatic carbocycles. The average Bonchev–Trinajstić information content (AvgIpc) is 3.39. The van der Waals surface area contributed by atoms with Crippen molar-refractivity contribution >= 4 is 17.0 Å². The molecular formula is C20H27F2N5O2S. The van der Waals surface area contributed by atoms with E-state index in [1.807, 2.05) is 0 Å². The topological polar surface area (TPSA) is 95.0 Å². The summed E-state index contributed by atoms with van der Waals surface area (Å²) in [6, 6.07) is 7.27. The van der Waals surface area contributed by atoms with Crippen molar-refractivity contribution in [1.82, 2.24) is 25.5 Å². The Bertz CT molecular complexity index is 779. The molecule has 1 aromatic carbocycles. The molecule has 2 N–H and O–H groups in total. The largest absolute Gasteiger partial charge is 0.386 e. The fraction of sp³-hybridized carbons (Fsp3) is 0.600. The van der Waals surface area contributed by atoms with Crippen LogP contribution in [-0.2, 0) is 12.3 Å². The summed E-state index contributed by atoms with van der Waals surface area (Å²) >= 11 is 1.23. The predicted molar refractivity (Wildman–Crippen MR) is 110 cm³/mol. The summed E-state index contributed by atoms with van der Waals surface area (Å²) in [4.78, 5) is 13.9. The molecule has 1 saturated heterocycles. The molecule has 1 fully saturated rings. The number of carbonyl (C=O) groups excluding carboxylic acids is 1. The highest BCUT2D eigenvalue weighted by Gasteiger charge is 2.41. The Kier molecular flexibility index (Phi) is 8.15. The van der Waals surface area contributed by atoms with Gasteiger partial charge in [-0.2, -0.15) is 14.0 Å². The molecule has 1 aliphatic heterocycles. The molecule has 0 bridgehead atoms. The van der Waals surface area contributed by atoms with Gasteiger partial charge in [-0.15, -0.1) is 10.2 Å². The number of amides is 1. The molecule has 0 radical (unpaired) electrons. The Morgan fingerprint density at radius 2 is 2.00 bits per heavy atom. The van der Waals surface area contributed by atoms with Crippen molar-refractivity contribution in [2.45, 2.75) is 63.0 Å². The summed E-state index contributed by atoms with van der Waals surface area (Å²) < 4.78 is 28.9. The number of alkyl halides is 2. The van der Waals surface area contributed by atoms with Crippen LogP contribution in [0.5, 0.6) is 0 Å². The van der Waals surface area contributed by atoms with E-state index in [4.69, 9.17) is 0 Å². The molecule has 30 heavy (non-hydrogen) atoms. The second-order valence-electron chi connectivity index (χ2n) is 7.50. The van der Waals surface area contributed by atoms with Crippen molar-refractivity contribution in [3.05, 3.63) is 41.7 Å². The van der Waals surface area contributed by atoms with Gasteiger partial charge < -0.3 is 10.0 Å². The lowest BCUT2D eigenvalue weighted by Gasteiger charge is -2.27. The maximum absolute atomic E-state index is 14.5. The first kappa shape index (κ1) is 22.6. The number of tetrazole rings is 1. The number of rotatable bonds is 12. The molecule has 1 aromatic heterocycles. The highest BCUT2D eigenvalue weighted by atomic mass is 32.2. The third kappa shape index (κ3) is 5.98. The number of aliphatic hydroxyl groups excluding tert-OH is 1. The summed E-state index contributed by atoms with van der Waals surface area (Å²) in [5.74, 6) is -2.02. The van der Waals surface area contributed by atoms with Crippen molar-refractivity contribution in [2.24, 2.45) is 0 Å². The zero-order valence-corrected chi connectivity index (χ0v) is 17.5. The lowest BCUT2D eigenvalue weighted by molar-refractivity contribution is -0.119. The zero-order chi connectivity index (χ0) is 21.4. The molecule has 2 atom stereocenters. The normalized spacial score (nSPS) is 18.2. The average molecular weight is 440 g/mol. The lowest BCUT2D eigenvalue weighted by atomic mass is 9.98. The van der Waals surface area contributed by atoms with Gasteiger partial charge in [0.1, 0.15) is 6.10 Å².